The summed E-state index contributed by atoms with van der Waals surface area (Å²) in [6, 6.07) is 60.1. The molecule has 0 amide bonds. The van der Waals surface area contributed by atoms with Crippen molar-refractivity contribution in [3.05, 3.63) is 203 Å². The summed E-state index contributed by atoms with van der Waals surface area (Å²) in [5, 5.41) is 0. The smallest absolute Gasteiger partial charge is 0.0105 e. The average molecular weight is 511 g/mol. The molecule has 0 aliphatic rings. The van der Waals surface area contributed by atoms with Gasteiger partial charge in [0.1, 0.15) is 0 Å². The van der Waals surface area contributed by atoms with Crippen molar-refractivity contribution >= 4 is 23.3 Å². The van der Waals surface area contributed by atoms with E-state index in [4.69, 9.17) is 0 Å². The molecule has 0 N–H and O–H groups in total. The van der Waals surface area contributed by atoms with Crippen molar-refractivity contribution in [3.8, 4) is 11.1 Å². The van der Waals surface area contributed by atoms with E-state index in [1.54, 1.807) is 0 Å². The highest BCUT2D eigenvalue weighted by atomic mass is 14.1. The lowest BCUT2D eigenvalue weighted by molar-refractivity contribution is 1.53. The highest BCUT2D eigenvalue weighted by Crippen LogP contribution is 2.32. The predicted molar refractivity (Wildman–Crippen MR) is 172 cm³/mol. The molecule has 0 radical (unpaired) electrons. The van der Waals surface area contributed by atoms with E-state index in [0.717, 1.165) is 11.1 Å². The van der Waals surface area contributed by atoms with Gasteiger partial charge in [-0.3, -0.25) is 0 Å². The van der Waals surface area contributed by atoms with Crippen LogP contribution < -0.4 is 0 Å². The molecule has 0 aromatic heterocycles. The molecule has 6 rings (SSSR count). The van der Waals surface area contributed by atoms with E-state index < -0.39 is 0 Å². The number of hydrogen-bond donors (Lipinski definition) is 0. The maximum atomic E-state index is 2.32. The Morgan fingerprint density at radius 2 is 0.600 bits per heavy atom. The van der Waals surface area contributed by atoms with Crippen molar-refractivity contribution in [1.82, 2.24) is 0 Å². The monoisotopic (exact) mass is 510 g/mol. The Morgan fingerprint density at radius 1 is 0.300 bits per heavy atom. The van der Waals surface area contributed by atoms with Gasteiger partial charge in [0.2, 0.25) is 0 Å². The highest BCUT2D eigenvalue weighted by molar-refractivity contribution is 5.95. The lowest BCUT2D eigenvalue weighted by Gasteiger charge is -2.13. The fourth-order valence-electron chi connectivity index (χ4n) is 5.11. The minimum absolute atomic E-state index is 1.16. The molecule has 0 fully saturated rings. The van der Waals surface area contributed by atoms with Crippen LogP contribution in [0.5, 0.6) is 0 Å². The maximum absolute atomic E-state index is 2.32. The third-order valence-corrected chi connectivity index (χ3v) is 7.05. The molecular weight excluding hydrogens is 480 g/mol. The summed E-state index contributed by atoms with van der Waals surface area (Å²) in [6.45, 7) is 0. The van der Waals surface area contributed by atoms with Crippen LogP contribution in [0.1, 0.15) is 33.4 Å². The third kappa shape index (κ3) is 5.93. The predicted octanol–water partition coefficient (Wildman–Crippen LogP) is 10.5. The largest absolute Gasteiger partial charge is 0.0622 e. The quantitative estimate of drug-likeness (QED) is 0.187. The Labute approximate surface area is 237 Å². The molecule has 0 heterocycles. The molecule has 0 unspecified atom stereocenters. The summed E-state index contributed by atoms with van der Waals surface area (Å²) in [4.78, 5) is 0. The standard InChI is InChI=1S/C40H30/c1-6-16-33(17-7-1)38-27-31(29-39(34-18-8-2-9-19-34)35-20-10-3-11-21-35)26-32(28-38)30-40(36-22-12-4-13-23-36)37-24-14-5-15-25-37/h1-30H. The SMILES string of the molecule is C(=C(c1ccccc1)c1ccccc1)c1cc(C=C(c2ccccc2)c2ccccc2)cc(-c2ccccc2)c1. The number of benzene rings is 6. The van der Waals surface area contributed by atoms with Crippen LogP contribution in [-0.4, -0.2) is 0 Å². The topological polar surface area (TPSA) is 0 Å². The first kappa shape index (κ1) is 25.1. The van der Waals surface area contributed by atoms with Crippen molar-refractivity contribution in [2.24, 2.45) is 0 Å². The van der Waals surface area contributed by atoms with Crippen LogP contribution in [0, 0.1) is 0 Å². The van der Waals surface area contributed by atoms with Crippen molar-refractivity contribution in [2.75, 3.05) is 0 Å². The van der Waals surface area contributed by atoms with Gasteiger partial charge in [-0.05, 0) is 86.0 Å². The van der Waals surface area contributed by atoms with Gasteiger partial charge in [-0.15, -0.1) is 0 Å². The fourth-order valence-corrected chi connectivity index (χ4v) is 5.11. The van der Waals surface area contributed by atoms with Crippen molar-refractivity contribution < 1.29 is 0 Å². The molecule has 0 atom stereocenters. The average Bonchev–Trinajstić information content (AvgIpc) is 3.04. The molecule has 6 aromatic carbocycles. The van der Waals surface area contributed by atoms with Crippen LogP contribution in [0.3, 0.4) is 0 Å². The van der Waals surface area contributed by atoms with Gasteiger partial charge in [-0.2, -0.15) is 0 Å². The second-order valence-corrected chi connectivity index (χ2v) is 9.83. The molecule has 0 saturated carbocycles. The zero-order valence-electron chi connectivity index (χ0n) is 22.3. The highest BCUT2D eigenvalue weighted by Gasteiger charge is 2.09. The van der Waals surface area contributed by atoms with Crippen LogP contribution in [-0.2, 0) is 0 Å². The van der Waals surface area contributed by atoms with E-state index in [-0.39, 0.29) is 0 Å². The molecule has 0 aliphatic carbocycles. The van der Waals surface area contributed by atoms with E-state index in [2.05, 4.69) is 182 Å². The summed E-state index contributed by atoms with van der Waals surface area (Å²) in [6.07, 6.45) is 4.64. The Kier molecular flexibility index (Phi) is 7.60. The second-order valence-electron chi connectivity index (χ2n) is 9.83. The number of rotatable bonds is 7. The molecule has 0 bridgehead atoms. The number of hydrogen-bond acceptors (Lipinski definition) is 0. The van der Waals surface area contributed by atoms with Crippen molar-refractivity contribution in [2.45, 2.75) is 0 Å². The van der Waals surface area contributed by atoms with Crippen LogP contribution >= 0.6 is 0 Å². The maximum Gasteiger partial charge on any atom is -0.0105 e. The van der Waals surface area contributed by atoms with Crippen LogP contribution in [0.2, 0.25) is 0 Å². The fraction of sp³-hybridized carbons (Fsp3) is 0. The van der Waals surface area contributed by atoms with Gasteiger partial charge in [0.25, 0.3) is 0 Å². The summed E-state index contributed by atoms with van der Waals surface area (Å²) >= 11 is 0. The lowest BCUT2D eigenvalue weighted by Crippen LogP contribution is -1.91. The Hall–Kier alpha value is -5.20. The molecule has 0 spiro atoms. The van der Waals surface area contributed by atoms with Gasteiger partial charge >= 0.3 is 0 Å². The lowest BCUT2D eigenvalue weighted by atomic mass is 9.91. The summed E-state index contributed by atoms with van der Waals surface area (Å²) in [5.41, 5.74) is 11.9. The first-order chi connectivity index (χ1) is 19.8. The summed E-state index contributed by atoms with van der Waals surface area (Å²) < 4.78 is 0. The van der Waals surface area contributed by atoms with E-state index in [9.17, 15) is 0 Å². The molecule has 6 aromatic rings. The third-order valence-electron chi connectivity index (χ3n) is 7.05. The zero-order chi connectivity index (χ0) is 27.0. The molecule has 0 nitrogen and oxygen atoms in total. The van der Waals surface area contributed by atoms with E-state index in [0.29, 0.717) is 0 Å². The Morgan fingerprint density at radius 3 is 0.925 bits per heavy atom. The van der Waals surface area contributed by atoms with Gasteiger partial charge in [0, 0.05) is 0 Å². The van der Waals surface area contributed by atoms with Gasteiger partial charge < -0.3 is 0 Å². The van der Waals surface area contributed by atoms with E-state index in [1.807, 2.05) is 0 Å². The van der Waals surface area contributed by atoms with Gasteiger partial charge in [-0.25, -0.2) is 0 Å². The summed E-state index contributed by atoms with van der Waals surface area (Å²) in [7, 11) is 0. The summed E-state index contributed by atoms with van der Waals surface area (Å²) in [5.74, 6) is 0. The molecule has 0 saturated heterocycles. The van der Waals surface area contributed by atoms with Gasteiger partial charge in [0.15, 0.2) is 0 Å². The van der Waals surface area contributed by atoms with Crippen molar-refractivity contribution in [3.63, 3.8) is 0 Å². The van der Waals surface area contributed by atoms with Crippen LogP contribution in [0.4, 0.5) is 0 Å². The Bertz CT molecular complexity index is 1540. The van der Waals surface area contributed by atoms with Crippen LogP contribution in [0.25, 0.3) is 34.4 Å². The second kappa shape index (κ2) is 12.1. The normalized spacial score (nSPS) is 10.5. The van der Waals surface area contributed by atoms with E-state index in [1.165, 1.54) is 44.5 Å². The zero-order valence-corrected chi connectivity index (χ0v) is 22.3. The molecular formula is C40H30. The Balaban J connectivity index is 1.56. The minimum atomic E-state index is 1.16. The molecule has 190 valence electrons. The van der Waals surface area contributed by atoms with Gasteiger partial charge in [0.05, 0.1) is 0 Å². The van der Waals surface area contributed by atoms with Gasteiger partial charge in [-0.1, -0.05) is 152 Å². The molecule has 40 heavy (non-hydrogen) atoms. The van der Waals surface area contributed by atoms with Crippen molar-refractivity contribution in [1.29, 1.82) is 0 Å². The first-order valence-corrected chi connectivity index (χ1v) is 13.7. The molecule has 0 aliphatic heterocycles. The molecule has 0 heteroatoms. The van der Waals surface area contributed by atoms with E-state index >= 15 is 0 Å². The first-order valence-electron chi connectivity index (χ1n) is 13.7. The minimum Gasteiger partial charge on any atom is -0.0622 e. The van der Waals surface area contributed by atoms with Crippen LogP contribution in [0.15, 0.2) is 170 Å².